The summed E-state index contributed by atoms with van der Waals surface area (Å²) in [6.45, 7) is 3.97. The molecule has 0 saturated carbocycles. The van der Waals surface area contributed by atoms with Crippen LogP contribution in [-0.2, 0) is 16.4 Å². The molecule has 4 rings (SSSR count). The molecule has 0 aliphatic rings. The third-order valence-corrected chi connectivity index (χ3v) is 8.53. The zero-order valence-corrected chi connectivity index (χ0v) is 25.7. The van der Waals surface area contributed by atoms with Crippen LogP contribution in [0.25, 0.3) is 0 Å². The van der Waals surface area contributed by atoms with Crippen molar-refractivity contribution in [1.29, 1.82) is 0 Å². The number of ether oxygens (including phenoxy) is 2. The van der Waals surface area contributed by atoms with E-state index in [1.54, 1.807) is 57.5 Å². The second kappa shape index (κ2) is 13.6. The molecule has 4 aromatic rings. The third-order valence-electron chi connectivity index (χ3n) is 6.69. The zero-order valence-electron chi connectivity index (χ0n) is 24.2. The van der Waals surface area contributed by atoms with Crippen molar-refractivity contribution in [3.63, 3.8) is 0 Å². The van der Waals surface area contributed by atoms with E-state index < -0.39 is 15.9 Å². The molecular weight excluding hydrogens is 590 g/mol. The van der Waals surface area contributed by atoms with Crippen LogP contribution in [-0.4, -0.2) is 41.0 Å². The average molecular weight is 622 g/mol. The lowest BCUT2D eigenvalue weighted by molar-refractivity contribution is 0.0955. The van der Waals surface area contributed by atoms with Crippen LogP contribution >= 0.6 is 11.6 Å². The van der Waals surface area contributed by atoms with Gasteiger partial charge in [0.25, 0.3) is 21.8 Å². The first kappa shape index (κ1) is 31.4. The van der Waals surface area contributed by atoms with E-state index in [2.05, 4.69) is 15.4 Å². The van der Waals surface area contributed by atoms with Gasteiger partial charge in [-0.2, -0.15) is 0 Å². The van der Waals surface area contributed by atoms with Gasteiger partial charge in [-0.25, -0.2) is 8.42 Å². The molecule has 0 aliphatic carbocycles. The Morgan fingerprint density at radius 3 is 2.30 bits per heavy atom. The van der Waals surface area contributed by atoms with E-state index >= 15 is 0 Å². The van der Waals surface area contributed by atoms with Crippen molar-refractivity contribution in [2.75, 3.05) is 30.8 Å². The van der Waals surface area contributed by atoms with Gasteiger partial charge in [0, 0.05) is 12.1 Å². The van der Waals surface area contributed by atoms with Gasteiger partial charge in [-0.3, -0.25) is 14.3 Å². The predicted octanol–water partition coefficient (Wildman–Crippen LogP) is 6.00. The molecule has 0 spiro atoms. The maximum Gasteiger partial charge on any atom is 0.263 e. The molecule has 2 amide bonds. The normalized spacial score (nSPS) is 11.0. The van der Waals surface area contributed by atoms with Gasteiger partial charge in [0.2, 0.25) is 0 Å². The minimum Gasteiger partial charge on any atom is -0.493 e. The van der Waals surface area contributed by atoms with E-state index in [9.17, 15) is 18.0 Å². The number of amides is 2. The summed E-state index contributed by atoms with van der Waals surface area (Å²) in [7, 11) is -0.997. The highest BCUT2D eigenvalue weighted by molar-refractivity contribution is 7.92. The van der Waals surface area contributed by atoms with Crippen molar-refractivity contribution in [3.05, 3.63) is 112 Å². The number of nitrogens with one attached hydrogen (secondary N) is 3. The van der Waals surface area contributed by atoms with Gasteiger partial charge < -0.3 is 20.1 Å². The molecule has 224 valence electrons. The van der Waals surface area contributed by atoms with Crippen molar-refractivity contribution >= 4 is 44.8 Å². The van der Waals surface area contributed by atoms with E-state index in [1.165, 1.54) is 18.2 Å². The Morgan fingerprint density at radius 1 is 0.814 bits per heavy atom. The number of methoxy groups -OCH3 is 2. The van der Waals surface area contributed by atoms with Crippen molar-refractivity contribution in [2.45, 2.75) is 25.2 Å². The first-order valence-electron chi connectivity index (χ1n) is 13.3. The summed E-state index contributed by atoms with van der Waals surface area (Å²) in [5.74, 6) is 0.223. The summed E-state index contributed by atoms with van der Waals surface area (Å²) in [4.78, 5) is 26.0. The molecule has 11 heteroatoms. The Morgan fingerprint density at radius 2 is 1.56 bits per heavy atom. The molecule has 0 fully saturated rings. The van der Waals surface area contributed by atoms with Gasteiger partial charge in [-0.1, -0.05) is 41.9 Å². The molecule has 0 aliphatic heterocycles. The van der Waals surface area contributed by atoms with Crippen LogP contribution in [0.15, 0.2) is 83.8 Å². The van der Waals surface area contributed by atoms with E-state index in [4.69, 9.17) is 21.1 Å². The van der Waals surface area contributed by atoms with Crippen molar-refractivity contribution in [2.24, 2.45) is 0 Å². The lowest BCUT2D eigenvalue weighted by Crippen LogP contribution is -2.27. The molecule has 0 heterocycles. The third kappa shape index (κ3) is 7.65. The molecule has 0 aromatic heterocycles. The number of anilines is 2. The maximum atomic E-state index is 13.2. The second-order valence-corrected chi connectivity index (χ2v) is 11.8. The predicted molar refractivity (Wildman–Crippen MR) is 168 cm³/mol. The molecule has 3 N–H and O–H groups in total. The Hall–Kier alpha value is -4.54. The second-order valence-electron chi connectivity index (χ2n) is 9.76. The van der Waals surface area contributed by atoms with Crippen molar-refractivity contribution in [3.8, 4) is 11.5 Å². The quantitative estimate of drug-likeness (QED) is 0.189. The van der Waals surface area contributed by atoms with E-state index in [-0.39, 0.29) is 32.6 Å². The summed E-state index contributed by atoms with van der Waals surface area (Å²) in [5, 5.41) is 5.55. The smallest absolute Gasteiger partial charge is 0.263 e. The van der Waals surface area contributed by atoms with Crippen LogP contribution in [0.2, 0.25) is 5.02 Å². The number of carbonyl (C=O) groups is 2. The Balaban J connectivity index is 1.47. The fraction of sp³-hybridized carbons (Fsp3) is 0.188. The maximum absolute atomic E-state index is 13.2. The van der Waals surface area contributed by atoms with Gasteiger partial charge in [0.1, 0.15) is 4.90 Å². The average Bonchev–Trinajstić information content (AvgIpc) is 2.99. The molecule has 0 saturated heterocycles. The van der Waals surface area contributed by atoms with Crippen LogP contribution < -0.4 is 24.8 Å². The number of carbonyl (C=O) groups excluding carboxylic acids is 2. The molecule has 0 radical (unpaired) electrons. The monoisotopic (exact) mass is 621 g/mol. The number of halogens is 1. The first-order chi connectivity index (χ1) is 20.5. The SMILES string of the molecule is COc1ccc(CCNC(=O)c2ccccc2NC(=O)c2ccc(Cl)c(S(=O)(=O)Nc3cc(C)ccc3C)c2)cc1OC. The minimum atomic E-state index is -4.12. The minimum absolute atomic E-state index is 0.0383. The van der Waals surface area contributed by atoms with Gasteiger partial charge in [-0.15, -0.1) is 0 Å². The standard InChI is InChI=1S/C32H32ClN3O6S/c1-20-9-10-21(2)27(17-20)36-43(39,40)30-19-23(12-13-25(30)33)31(37)35-26-8-6-5-7-24(26)32(38)34-16-15-22-11-14-28(41-3)29(18-22)42-4/h5-14,17-19,36H,15-16H2,1-4H3,(H,34,38)(H,35,37). The summed E-state index contributed by atoms with van der Waals surface area (Å²) in [6.07, 6.45) is 0.540. The van der Waals surface area contributed by atoms with E-state index in [0.29, 0.717) is 30.2 Å². The number of benzene rings is 4. The van der Waals surface area contributed by atoms with E-state index in [0.717, 1.165) is 16.7 Å². The molecule has 0 bridgehead atoms. The molecule has 0 unspecified atom stereocenters. The Labute approximate surface area is 256 Å². The number of para-hydroxylation sites is 1. The molecule has 9 nitrogen and oxygen atoms in total. The molecule has 4 aromatic carbocycles. The summed E-state index contributed by atoms with van der Waals surface area (Å²) < 4.78 is 39.6. The summed E-state index contributed by atoms with van der Waals surface area (Å²) in [6, 6.07) is 21.5. The lowest BCUT2D eigenvalue weighted by atomic mass is 10.1. The van der Waals surface area contributed by atoms with Crippen LogP contribution in [0.3, 0.4) is 0 Å². The fourth-order valence-corrected chi connectivity index (χ4v) is 5.98. The molecular formula is C32H32ClN3O6S. The van der Waals surface area contributed by atoms with Gasteiger partial charge in [-0.05, 0) is 85.5 Å². The number of aryl methyl sites for hydroxylation is 2. The fourth-order valence-electron chi connectivity index (χ4n) is 4.33. The highest BCUT2D eigenvalue weighted by Gasteiger charge is 2.22. The van der Waals surface area contributed by atoms with Gasteiger partial charge >= 0.3 is 0 Å². The summed E-state index contributed by atoms with van der Waals surface area (Å²) >= 11 is 6.26. The lowest BCUT2D eigenvalue weighted by Gasteiger charge is -2.14. The Kier molecular flexibility index (Phi) is 9.95. The number of rotatable bonds is 11. The van der Waals surface area contributed by atoms with E-state index in [1.807, 2.05) is 31.2 Å². The van der Waals surface area contributed by atoms with Gasteiger partial charge in [0.05, 0.1) is 36.2 Å². The number of hydrogen-bond donors (Lipinski definition) is 3. The zero-order chi connectivity index (χ0) is 31.1. The molecule has 0 atom stereocenters. The first-order valence-corrected chi connectivity index (χ1v) is 15.2. The van der Waals surface area contributed by atoms with Crippen LogP contribution in [0, 0.1) is 13.8 Å². The Bertz CT molecular complexity index is 1780. The van der Waals surface area contributed by atoms with Crippen LogP contribution in [0.1, 0.15) is 37.4 Å². The van der Waals surface area contributed by atoms with Crippen LogP contribution in [0.5, 0.6) is 11.5 Å². The summed E-state index contributed by atoms with van der Waals surface area (Å²) in [5.41, 5.74) is 3.54. The highest BCUT2D eigenvalue weighted by atomic mass is 35.5. The number of hydrogen-bond acceptors (Lipinski definition) is 6. The topological polar surface area (TPSA) is 123 Å². The van der Waals surface area contributed by atoms with Crippen molar-refractivity contribution < 1.29 is 27.5 Å². The van der Waals surface area contributed by atoms with Crippen molar-refractivity contribution in [1.82, 2.24) is 5.32 Å². The van der Waals surface area contributed by atoms with Gasteiger partial charge in [0.15, 0.2) is 11.5 Å². The van der Waals surface area contributed by atoms with Crippen LogP contribution in [0.4, 0.5) is 11.4 Å². The molecule has 43 heavy (non-hydrogen) atoms. The largest absolute Gasteiger partial charge is 0.493 e. The number of sulfonamides is 1. The highest BCUT2D eigenvalue weighted by Crippen LogP contribution is 2.29.